The van der Waals surface area contributed by atoms with E-state index in [4.69, 9.17) is 14.2 Å². The van der Waals surface area contributed by atoms with Gasteiger partial charge >= 0.3 is 0 Å². The van der Waals surface area contributed by atoms with Crippen LogP contribution in [0.1, 0.15) is 146 Å². The number of hydrogen-bond donors (Lipinski definition) is 0. The lowest BCUT2D eigenvalue weighted by molar-refractivity contribution is -0.365. The first kappa shape index (κ1) is 30.3. The largest absolute Gasteiger partial charge is 0.330 e. The second-order valence-corrected chi connectivity index (χ2v) is 10.9. The van der Waals surface area contributed by atoms with Crippen LogP contribution in [0.5, 0.6) is 0 Å². The molecule has 1 atom stereocenters. The number of benzene rings is 1. The Hall–Kier alpha value is -0.900. The highest BCUT2D eigenvalue weighted by molar-refractivity contribution is 5.29. The lowest BCUT2D eigenvalue weighted by atomic mass is 9.76. The van der Waals surface area contributed by atoms with Crippen molar-refractivity contribution < 1.29 is 14.2 Å². The minimum Gasteiger partial charge on any atom is -0.330 e. The summed E-state index contributed by atoms with van der Waals surface area (Å²) in [6, 6.07) is 9.35. The molecule has 35 heavy (non-hydrogen) atoms. The van der Waals surface area contributed by atoms with Gasteiger partial charge in [-0.25, -0.2) is 0 Å². The molecule has 0 aromatic heterocycles. The van der Waals surface area contributed by atoms with E-state index in [9.17, 15) is 0 Å². The normalized spacial score (nSPS) is 19.7. The Morgan fingerprint density at radius 2 is 1.20 bits per heavy atom. The first-order valence-electron chi connectivity index (χ1n) is 14.9. The van der Waals surface area contributed by atoms with Crippen molar-refractivity contribution in [3.05, 3.63) is 35.4 Å². The van der Waals surface area contributed by atoms with Gasteiger partial charge in [0.15, 0.2) is 0 Å². The summed E-state index contributed by atoms with van der Waals surface area (Å²) in [7, 11) is 5.08. The summed E-state index contributed by atoms with van der Waals surface area (Å²) < 4.78 is 17.4. The van der Waals surface area contributed by atoms with Crippen molar-refractivity contribution in [1.82, 2.24) is 0 Å². The van der Waals surface area contributed by atoms with Gasteiger partial charge in [-0.1, -0.05) is 115 Å². The molecule has 1 saturated carbocycles. The maximum atomic E-state index is 5.82. The van der Waals surface area contributed by atoms with Gasteiger partial charge in [0.1, 0.15) is 0 Å². The van der Waals surface area contributed by atoms with Crippen LogP contribution in [0.2, 0.25) is 0 Å². The number of ether oxygens (including phenoxy) is 3. The second kappa shape index (κ2) is 17.5. The number of rotatable bonds is 19. The summed E-state index contributed by atoms with van der Waals surface area (Å²) in [5.74, 6) is 0.709. The van der Waals surface area contributed by atoms with Crippen LogP contribution in [0.25, 0.3) is 0 Å². The van der Waals surface area contributed by atoms with Crippen molar-refractivity contribution in [3.63, 3.8) is 0 Å². The minimum absolute atomic E-state index is 0.0613. The third kappa shape index (κ3) is 9.82. The van der Waals surface area contributed by atoms with E-state index in [1.165, 1.54) is 107 Å². The average Bonchev–Trinajstić information content (AvgIpc) is 2.91. The molecule has 0 bridgehead atoms. The van der Waals surface area contributed by atoms with Crippen LogP contribution in [-0.2, 0) is 14.2 Å². The zero-order chi connectivity index (χ0) is 25.4. The first-order chi connectivity index (χ1) is 17.1. The van der Waals surface area contributed by atoms with Crippen molar-refractivity contribution in [2.24, 2.45) is 5.92 Å². The highest BCUT2D eigenvalue weighted by Gasteiger charge is 2.40. The molecular formula is C32H56O3. The summed E-state index contributed by atoms with van der Waals surface area (Å²) in [4.78, 5) is 0. The summed E-state index contributed by atoms with van der Waals surface area (Å²) in [6.07, 6.45) is 22.7. The van der Waals surface area contributed by atoms with Crippen molar-refractivity contribution in [2.45, 2.75) is 141 Å². The van der Waals surface area contributed by atoms with Crippen molar-refractivity contribution in [2.75, 3.05) is 21.3 Å². The van der Waals surface area contributed by atoms with Gasteiger partial charge in [-0.2, -0.15) is 0 Å². The van der Waals surface area contributed by atoms with Crippen molar-refractivity contribution in [3.8, 4) is 0 Å². The first-order valence-corrected chi connectivity index (χ1v) is 14.9. The lowest BCUT2D eigenvalue weighted by Crippen LogP contribution is -2.42. The van der Waals surface area contributed by atoms with E-state index < -0.39 is 5.97 Å². The van der Waals surface area contributed by atoms with Gasteiger partial charge in [0.2, 0.25) is 0 Å². The van der Waals surface area contributed by atoms with Gasteiger partial charge in [0.05, 0.1) is 5.92 Å². The molecule has 0 saturated heterocycles. The maximum Gasteiger partial charge on any atom is 0.289 e. The molecule has 1 unspecified atom stereocenters. The van der Waals surface area contributed by atoms with Crippen LogP contribution in [0.3, 0.4) is 0 Å². The van der Waals surface area contributed by atoms with Gasteiger partial charge in [-0.05, 0) is 55.1 Å². The van der Waals surface area contributed by atoms with Crippen LogP contribution >= 0.6 is 0 Å². The highest BCUT2D eigenvalue weighted by Crippen LogP contribution is 2.40. The molecule has 0 amide bonds. The monoisotopic (exact) mass is 488 g/mol. The molecule has 2 rings (SSSR count). The van der Waals surface area contributed by atoms with Crippen LogP contribution < -0.4 is 0 Å². The van der Waals surface area contributed by atoms with E-state index in [1.54, 1.807) is 21.3 Å². The van der Waals surface area contributed by atoms with Crippen LogP contribution in [-0.4, -0.2) is 27.3 Å². The molecule has 1 fully saturated rings. The van der Waals surface area contributed by atoms with E-state index in [0.717, 1.165) is 24.7 Å². The van der Waals surface area contributed by atoms with Gasteiger partial charge < -0.3 is 14.2 Å². The summed E-state index contributed by atoms with van der Waals surface area (Å²) in [5.41, 5.74) is 2.76. The van der Waals surface area contributed by atoms with E-state index in [2.05, 4.69) is 38.1 Å². The molecule has 1 aromatic carbocycles. The van der Waals surface area contributed by atoms with Crippen molar-refractivity contribution >= 4 is 0 Å². The van der Waals surface area contributed by atoms with Crippen LogP contribution in [0.4, 0.5) is 0 Å². The Bertz CT molecular complexity index is 620. The van der Waals surface area contributed by atoms with Crippen molar-refractivity contribution in [1.29, 1.82) is 0 Å². The van der Waals surface area contributed by atoms with Gasteiger partial charge in [0, 0.05) is 21.3 Å². The molecule has 0 radical (unpaired) electrons. The number of hydrogen-bond acceptors (Lipinski definition) is 3. The van der Waals surface area contributed by atoms with E-state index in [-0.39, 0.29) is 5.92 Å². The fourth-order valence-electron chi connectivity index (χ4n) is 6.17. The molecule has 0 heterocycles. The number of methoxy groups -OCH3 is 3. The molecule has 0 N–H and O–H groups in total. The fourth-order valence-corrected chi connectivity index (χ4v) is 6.17. The SMILES string of the molecule is CCCCCCCCC(c1ccc(C2CCC(CCCCCCC)CC2)cc1)C(OC)(OC)OC. The molecule has 0 aliphatic heterocycles. The van der Waals surface area contributed by atoms with E-state index >= 15 is 0 Å². The Kier molecular flexibility index (Phi) is 15.2. The molecule has 202 valence electrons. The maximum absolute atomic E-state index is 5.82. The van der Waals surface area contributed by atoms with Crippen LogP contribution in [0, 0.1) is 5.92 Å². The number of unbranched alkanes of at least 4 members (excludes halogenated alkanes) is 9. The fraction of sp³-hybridized carbons (Fsp3) is 0.812. The van der Waals surface area contributed by atoms with E-state index in [0.29, 0.717) is 0 Å². The van der Waals surface area contributed by atoms with E-state index in [1.807, 2.05) is 0 Å². The molecular weight excluding hydrogens is 432 g/mol. The molecule has 1 aliphatic carbocycles. The minimum atomic E-state index is -1.03. The zero-order valence-electron chi connectivity index (χ0n) is 23.8. The lowest BCUT2D eigenvalue weighted by Gasteiger charge is -2.37. The molecule has 1 aliphatic rings. The Morgan fingerprint density at radius 3 is 1.74 bits per heavy atom. The zero-order valence-corrected chi connectivity index (χ0v) is 23.8. The Labute approximate surface area is 217 Å². The molecule has 3 nitrogen and oxygen atoms in total. The van der Waals surface area contributed by atoms with Crippen LogP contribution in [0.15, 0.2) is 24.3 Å². The third-order valence-electron chi connectivity index (χ3n) is 8.50. The molecule has 3 heteroatoms. The smallest absolute Gasteiger partial charge is 0.289 e. The van der Waals surface area contributed by atoms with Gasteiger partial charge in [-0.15, -0.1) is 0 Å². The summed E-state index contributed by atoms with van der Waals surface area (Å²) in [5, 5.41) is 0. The summed E-state index contributed by atoms with van der Waals surface area (Å²) in [6.45, 7) is 4.57. The quantitative estimate of drug-likeness (QED) is 0.143. The predicted molar refractivity (Wildman–Crippen MR) is 149 cm³/mol. The predicted octanol–water partition coefficient (Wildman–Crippen LogP) is 9.75. The summed E-state index contributed by atoms with van der Waals surface area (Å²) >= 11 is 0. The van der Waals surface area contributed by atoms with Gasteiger partial charge in [-0.3, -0.25) is 0 Å². The Balaban J connectivity index is 1.93. The van der Waals surface area contributed by atoms with Gasteiger partial charge in [0.25, 0.3) is 5.97 Å². The molecule has 0 spiro atoms. The second-order valence-electron chi connectivity index (χ2n) is 10.9. The third-order valence-corrected chi connectivity index (χ3v) is 8.50. The Morgan fingerprint density at radius 1 is 0.686 bits per heavy atom. The topological polar surface area (TPSA) is 27.7 Å². The standard InChI is InChI=1S/C32H56O3/c1-6-8-10-12-14-16-18-31(32(33-3,34-4)35-5)30-25-23-29(24-26-30)28-21-19-27(20-22-28)17-15-13-11-9-7-2/h23-28,31H,6-22H2,1-5H3. The highest BCUT2D eigenvalue weighted by atomic mass is 16.9. The average molecular weight is 489 g/mol. The molecule has 1 aromatic rings.